The summed E-state index contributed by atoms with van der Waals surface area (Å²) < 4.78 is 6.57. The molecule has 130 valence electrons. The van der Waals surface area contributed by atoms with Gasteiger partial charge in [0, 0.05) is 18.4 Å². The zero-order valence-electron chi connectivity index (χ0n) is 14.7. The van der Waals surface area contributed by atoms with Crippen LogP contribution in [0.25, 0.3) is 10.2 Å². The number of nitrogens with one attached hydrogen (secondary N) is 1. The second-order valence-electron chi connectivity index (χ2n) is 6.11. The molecule has 0 saturated heterocycles. The molecule has 3 aromatic rings. The number of ether oxygens (including phenoxy) is 1. The largest absolute Gasteiger partial charge is 0.496 e. The number of hydrogen-bond donors (Lipinski definition) is 1. The molecule has 0 aliphatic rings. The van der Waals surface area contributed by atoms with Crippen LogP contribution in [0.5, 0.6) is 5.75 Å². The standard InChI is InChI=1S/C20H22N2O2S/c1-13-8-9-17(24-3)15(12-13)14(2)21-19(23)10-11-20-22-16-6-4-5-7-18(16)25-20/h4-9,12,14H,10-11H2,1-3H3,(H,21,23)/t14-/m1/s1. The number of methoxy groups -OCH3 is 1. The molecule has 25 heavy (non-hydrogen) atoms. The lowest BCUT2D eigenvalue weighted by Gasteiger charge is -2.18. The van der Waals surface area contributed by atoms with Crippen LogP contribution >= 0.6 is 11.3 Å². The zero-order valence-corrected chi connectivity index (χ0v) is 15.5. The molecular weight excluding hydrogens is 332 g/mol. The van der Waals surface area contributed by atoms with Crippen molar-refractivity contribution in [2.75, 3.05) is 7.11 Å². The fraction of sp³-hybridized carbons (Fsp3) is 0.300. The maximum atomic E-state index is 12.3. The number of para-hydroxylation sites is 1. The van der Waals surface area contributed by atoms with Crippen molar-refractivity contribution in [3.63, 3.8) is 0 Å². The van der Waals surface area contributed by atoms with Gasteiger partial charge in [-0.15, -0.1) is 11.3 Å². The molecule has 0 radical (unpaired) electrons. The first-order chi connectivity index (χ1) is 12.1. The first-order valence-corrected chi connectivity index (χ1v) is 9.17. The number of nitrogens with zero attached hydrogens (tertiary/aromatic N) is 1. The maximum absolute atomic E-state index is 12.3. The Morgan fingerprint density at radius 1 is 1.28 bits per heavy atom. The highest BCUT2D eigenvalue weighted by molar-refractivity contribution is 7.18. The Morgan fingerprint density at radius 3 is 2.84 bits per heavy atom. The summed E-state index contributed by atoms with van der Waals surface area (Å²) in [6, 6.07) is 13.9. The van der Waals surface area contributed by atoms with Crippen LogP contribution in [0.15, 0.2) is 42.5 Å². The molecule has 0 spiro atoms. The molecule has 5 heteroatoms. The van der Waals surface area contributed by atoms with Crippen LogP contribution in [0, 0.1) is 6.92 Å². The van der Waals surface area contributed by atoms with Crippen LogP contribution in [-0.2, 0) is 11.2 Å². The predicted octanol–water partition coefficient (Wildman–Crippen LogP) is 4.42. The third kappa shape index (κ3) is 4.17. The SMILES string of the molecule is COc1ccc(C)cc1[C@@H](C)NC(=O)CCc1nc2ccccc2s1. The van der Waals surface area contributed by atoms with Gasteiger partial charge in [0.2, 0.25) is 5.91 Å². The van der Waals surface area contributed by atoms with E-state index in [0.29, 0.717) is 12.8 Å². The van der Waals surface area contributed by atoms with Crippen LogP contribution in [0.4, 0.5) is 0 Å². The monoisotopic (exact) mass is 354 g/mol. The lowest BCUT2D eigenvalue weighted by molar-refractivity contribution is -0.121. The van der Waals surface area contributed by atoms with Crippen molar-refractivity contribution in [1.29, 1.82) is 0 Å². The fourth-order valence-corrected chi connectivity index (χ4v) is 3.80. The molecule has 0 aliphatic carbocycles. The van der Waals surface area contributed by atoms with Crippen molar-refractivity contribution in [3.05, 3.63) is 58.6 Å². The highest BCUT2D eigenvalue weighted by Crippen LogP contribution is 2.26. The minimum absolute atomic E-state index is 0.0234. The normalized spacial score (nSPS) is 12.1. The number of rotatable bonds is 6. The Labute approximate surface area is 151 Å². The van der Waals surface area contributed by atoms with Crippen molar-refractivity contribution >= 4 is 27.5 Å². The van der Waals surface area contributed by atoms with Crippen molar-refractivity contribution in [2.24, 2.45) is 0 Å². The molecule has 4 nitrogen and oxygen atoms in total. The molecule has 3 rings (SSSR count). The Hall–Kier alpha value is -2.40. The minimum Gasteiger partial charge on any atom is -0.496 e. The molecule has 0 bridgehead atoms. The highest BCUT2D eigenvalue weighted by Gasteiger charge is 2.15. The summed E-state index contributed by atoms with van der Waals surface area (Å²) in [7, 11) is 1.65. The van der Waals surface area contributed by atoms with Gasteiger partial charge in [0.25, 0.3) is 0 Å². The van der Waals surface area contributed by atoms with Gasteiger partial charge in [-0.05, 0) is 32.0 Å². The smallest absolute Gasteiger partial charge is 0.220 e. The maximum Gasteiger partial charge on any atom is 0.220 e. The van der Waals surface area contributed by atoms with E-state index in [0.717, 1.165) is 32.1 Å². The number of fused-ring (bicyclic) bond motifs is 1. The van der Waals surface area contributed by atoms with E-state index in [-0.39, 0.29) is 11.9 Å². The van der Waals surface area contributed by atoms with Gasteiger partial charge in [0.05, 0.1) is 28.4 Å². The zero-order chi connectivity index (χ0) is 17.8. The Bertz CT molecular complexity index is 855. The summed E-state index contributed by atoms with van der Waals surface area (Å²) in [4.78, 5) is 16.9. The van der Waals surface area contributed by atoms with Crippen LogP contribution in [0.2, 0.25) is 0 Å². The Kier molecular flexibility index (Phi) is 5.34. The molecule has 0 fully saturated rings. The molecular formula is C20H22N2O2S. The first-order valence-electron chi connectivity index (χ1n) is 8.35. The van der Waals surface area contributed by atoms with Gasteiger partial charge in [0.1, 0.15) is 5.75 Å². The van der Waals surface area contributed by atoms with E-state index in [1.54, 1.807) is 18.4 Å². The number of hydrogen-bond acceptors (Lipinski definition) is 4. The predicted molar refractivity (Wildman–Crippen MR) is 102 cm³/mol. The number of amides is 1. The van der Waals surface area contributed by atoms with E-state index < -0.39 is 0 Å². The van der Waals surface area contributed by atoms with Crippen LogP contribution in [0.1, 0.15) is 35.5 Å². The van der Waals surface area contributed by atoms with Gasteiger partial charge in [0.15, 0.2) is 0 Å². The molecule has 1 heterocycles. The second kappa shape index (κ2) is 7.66. The van der Waals surface area contributed by atoms with E-state index in [1.165, 1.54) is 0 Å². The molecule has 1 N–H and O–H groups in total. The van der Waals surface area contributed by atoms with Crippen LogP contribution in [0.3, 0.4) is 0 Å². The first kappa shape index (κ1) is 17.4. The van der Waals surface area contributed by atoms with Crippen molar-refractivity contribution in [3.8, 4) is 5.75 Å². The van der Waals surface area contributed by atoms with Crippen LogP contribution < -0.4 is 10.1 Å². The Morgan fingerprint density at radius 2 is 2.08 bits per heavy atom. The van der Waals surface area contributed by atoms with Gasteiger partial charge >= 0.3 is 0 Å². The number of aryl methyl sites for hydroxylation is 2. The Balaban J connectivity index is 1.61. The summed E-state index contributed by atoms with van der Waals surface area (Å²) >= 11 is 1.65. The number of thiazole rings is 1. The van der Waals surface area contributed by atoms with Crippen molar-refractivity contribution < 1.29 is 9.53 Å². The van der Waals surface area contributed by atoms with Gasteiger partial charge < -0.3 is 10.1 Å². The summed E-state index contributed by atoms with van der Waals surface area (Å²) in [5.41, 5.74) is 3.14. The average Bonchev–Trinajstić information content (AvgIpc) is 3.03. The number of carbonyl (C=O) groups is 1. The van der Waals surface area contributed by atoms with E-state index in [9.17, 15) is 4.79 Å². The van der Waals surface area contributed by atoms with E-state index in [2.05, 4.69) is 22.4 Å². The van der Waals surface area contributed by atoms with E-state index in [4.69, 9.17) is 4.74 Å². The van der Waals surface area contributed by atoms with Crippen molar-refractivity contribution in [2.45, 2.75) is 32.7 Å². The summed E-state index contributed by atoms with van der Waals surface area (Å²) in [5, 5.41) is 4.06. The molecule has 1 aromatic heterocycles. The third-order valence-corrected chi connectivity index (χ3v) is 5.23. The fourth-order valence-electron chi connectivity index (χ4n) is 2.83. The molecule has 1 atom stereocenters. The average molecular weight is 354 g/mol. The second-order valence-corrected chi connectivity index (χ2v) is 7.23. The summed E-state index contributed by atoms with van der Waals surface area (Å²) in [6.45, 7) is 4.01. The number of aromatic nitrogens is 1. The van der Waals surface area contributed by atoms with E-state index in [1.807, 2.05) is 44.2 Å². The lowest BCUT2D eigenvalue weighted by Crippen LogP contribution is -2.27. The van der Waals surface area contributed by atoms with E-state index >= 15 is 0 Å². The number of benzene rings is 2. The van der Waals surface area contributed by atoms with Crippen molar-refractivity contribution in [1.82, 2.24) is 10.3 Å². The van der Waals surface area contributed by atoms with Gasteiger partial charge in [-0.2, -0.15) is 0 Å². The van der Waals surface area contributed by atoms with Gasteiger partial charge in [-0.3, -0.25) is 4.79 Å². The van der Waals surface area contributed by atoms with Gasteiger partial charge in [-0.1, -0.05) is 29.8 Å². The molecule has 0 saturated carbocycles. The topological polar surface area (TPSA) is 51.2 Å². The summed E-state index contributed by atoms with van der Waals surface area (Å²) in [6.07, 6.45) is 1.08. The number of carbonyl (C=O) groups excluding carboxylic acids is 1. The third-order valence-electron chi connectivity index (χ3n) is 4.13. The molecule has 0 unspecified atom stereocenters. The highest BCUT2D eigenvalue weighted by atomic mass is 32.1. The minimum atomic E-state index is -0.0993. The molecule has 0 aliphatic heterocycles. The van der Waals surface area contributed by atoms with Gasteiger partial charge in [-0.25, -0.2) is 4.98 Å². The summed E-state index contributed by atoms with van der Waals surface area (Å²) in [5.74, 6) is 0.819. The lowest BCUT2D eigenvalue weighted by atomic mass is 10.0. The quantitative estimate of drug-likeness (QED) is 0.713. The molecule has 2 aromatic carbocycles. The molecule has 1 amide bonds. The van der Waals surface area contributed by atoms with Crippen LogP contribution in [-0.4, -0.2) is 18.0 Å².